The number of hydrogen-bond donors (Lipinski definition) is 2. The maximum Gasteiger partial charge on any atom is 0.408 e. The van der Waals surface area contributed by atoms with E-state index in [9.17, 15) is 4.79 Å². The van der Waals surface area contributed by atoms with E-state index in [-0.39, 0.29) is 12.6 Å². The minimum atomic E-state index is -0.545. The first kappa shape index (κ1) is 13.6. The molecule has 96 valence electrons. The van der Waals surface area contributed by atoms with E-state index in [0.29, 0.717) is 12.2 Å². The lowest BCUT2D eigenvalue weighted by Gasteiger charge is -2.22. The van der Waals surface area contributed by atoms with Crippen molar-refractivity contribution in [2.45, 2.75) is 38.8 Å². The molecule has 2 N–H and O–H groups in total. The zero-order valence-electron chi connectivity index (χ0n) is 10.4. The van der Waals surface area contributed by atoms with Crippen LogP contribution in [0.1, 0.15) is 39.0 Å². The highest BCUT2D eigenvalue weighted by Gasteiger charge is 2.21. The van der Waals surface area contributed by atoms with Crippen molar-refractivity contribution in [1.29, 1.82) is 0 Å². The third-order valence-corrected chi connectivity index (χ3v) is 2.00. The van der Waals surface area contributed by atoms with Crippen LogP contribution in [0.5, 0.6) is 0 Å². The number of alkyl carbamates (subject to hydrolysis) is 1. The minimum Gasteiger partial charge on any atom is -0.467 e. The van der Waals surface area contributed by atoms with Crippen molar-refractivity contribution in [2.75, 3.05) is 6.61 Å². The van der Waals surface area contributed by atoms with Gasteiger partial charge in [0, 0.05) is 6.61 Å². The Balaban J connectivity index is 2.59. The predicted octanol–water partition coefficient (Wildman–Crippen LogP) is 2.23. The molecular weight excluding hydrogens is 222 g/mol. The van der Waals surface area contributed by atoms with E-state index in [1.807, 2.05) is 0 Å². The normalized spacial score (nSPS) is 13.2. The van der Waals surface area contributed by atoms with E-state index in [4.69, 9.17) is 14.3 Å². The molecule has 0 aliphatic carbocycles. The molecule has 1 aromatic heterocycles. The van der Waals surface area contributed by atoms with Gasteiger partial charge in [0.25, 0.3) is 0 Å². The number of carbonyl (C=O) groups is 1. The minimum absolute atomic E-state index is 0.0405. The van der Waals surface area contributed by atoms with Crippen LogP contribution in [-0.2, 0) is 4.74 Å². The van der Waals surface area contributed by atoms with Gasteiger partial charge in [-0.2, -0.15) is 0 Å². The second-order valence-electron chi connectivity index (χ2n) is 4.73. The molecule has 5 heteroatoms. The van der Waals surface area contributed by atoms with E-state index >= 15 is 0 Å². The molecule has 0 radical (unpaired) electrons. The number of hydrogen-bond acceptors (Lipinski definition) is 4. The molecule has 1 atom stereocenters. The van der Waals surface area contributed by atoms with Gasteiger partial charge in [-0.3, -0.25) is 0 Å². The summed E-state index contributed by atoms with van der Waals surface area (Å²) in [6, 6.07) is 3.11. The monoisotopic (exact) mass is 241 g/mol. The first-order valence-electron chi connectivity index (χ1n) is 5.56. The molecule has 1 aromatic rings. The van der Waals surface area contributed by atoms with Gasteiger partial charge in [-0.05, 0) is 39.3 Å². The summed E-state index contributed by atoms with van der Waals surface area (Å²) in [6.07, 6.45) is 1.39. The molecule has 0 bridgehead atoms. The number of nitrogens with one attached hydrogen (secondary N) is 1. The molecule has 1 rings (SSSR count). The molecule has 0 aliphatic rings. The number of furan rings is 1. The number of rotatable bonds is 4. The summed E-state index contributed by atoms with van der Waals surface area (Å²) in [7, 11) is 0. The van der Waals surface area contributed by atoms with Crippen LogP contribution in [0.3, 0.4) is 0 Å². The molecular formula is C12H19NO4. The van der Waals surface area contributed by atoms with Crippen LogP contribution in [-0.4, -0.2) is 23.4 Å². The number of carbonyl (C=O) groups excluding carboxylic acids is 1. The number of aliphatic hydroxyl groups is 1. The summed E-state index contributed by atoms with van der Waals surface area (Å²) in [5.74, 6) is 0.602. The summed E-state index contributed by atoms with van der Waals surface area (Å²) >= 11 is 0. The van der Waals surface area contributed by atoms with Crippen LogP contribution in [0.15, 0.2) is 22.8 Å². The van der Waals surface area contributed by atoms with Crippen LogP contribution < -0.4 is 5.32 Å². The van der Waals surface area contributed by atoms with Crippen molar-refractivity contribution >= 4 is 6.09 Å². The van der Waals surface area contributed by atoms with Crippen LogP contribution in [0, 0.1) is 0 Å². The quantitative estimate of drug-likeness (QED) is 0.847. The van der Waals surface area contributed by atoms with Gasteiger partial charge >= 0.3 is 6.09 Å². The van der Waals surface area contributed by atoms with Crippen LogP contribution in [0.2, 0.25) is 0 Å². The molecule has 17 heavy (non-hydrogen) atoms. The fourth-order valence-electron chi connectivity index (χ4n) is 1.35. The molecule has 1 heterocycles. The van der Waals surface area contributed by atoms with E-state index in [1.54, 1.807) is 32.9 Å². The van der Waals surface area contributed by atoms with E-state index in [2.05, 4.69) is 5.32 Å². The summed E-state index contributed by atoms with van der Waals surface area (Å²) in [5, 5.41) is 11.6. The van der Waals surface area contributed by atoms with E-state index in [0.717, 1.165) is 0 Å². The number of aliphatic hydroxyl groups excluding tert-OH is 1. The molecule has 1 unspecified atom stereocenters. The van der Waals surface area contributed by atoms with Gasteiger partial charge < -0.3 is 19.6 Å². The Morgan fingerprint density at radius 2 is 2.29 bits per heavy atom. The smallest absolute Gasteiger partial charge is 0.408 e. The summed E-state index contributed by atoms with van der Waals surface area (Å²) in [4.78, 5) is 11.6. The molecule has 0 fully saturated rings. The average Bonchev–Trinajstić information content (AvgIpc) is 2.66. The fraction of sp³-hybridized carbons (Fsp3) is 0.583. The van der Waals surface area contributed by atoms with Gasteiger partial charge in [0.1, 0.15) is 11.4 Å². The number of amides is 1. The van der Waals surface area contributed by atoms with Gasteiger partial charge in [0.2, 0.25) is 0 Å². The van der Waals surface area contributed by atoms with Crippen molar-refractivity contribution in [1.82, 2.24) is 5.32 Å². The van der Waals surface area contributed by atoms with Crippen molar-refractivity contribution in [3.8, 4) is 0 Å². The second-order valence-corrected chi connectivity index (χ2v) is 4.73. The highest BCUT2D eigenvalue weighted by molar-refractivity contribution is 5.68. The number of ether oxygens (including phenoxy) is 1. The average molecular weight is 241 g/mol. The molecule has 0 saturated carbocycles. The Hall–Kier alpha value is -1.49. The van der Waals surface area contributed by atoms with Gasteiger partial charge in [-0.1, -0.05) is 0 Å². The Kier molecular flexibility index (Phi) is 4.57. The van der Waals surface area contributed by atoms with Crippen molar-refractivity contribution < 1.29 is 19.1 Å². The molecule has 0 saturated heterocycles. The van der Waals surface area contributed by atoms with Gasteiger partial charge in [0.05, 0.1) is 12.3 Å². The van der Waals surface area contributed by atoms with Crippen molar-refractivity contribution in [2.24, 2.45) is 0 Å². The fourth-order valence-corrected chi connectivity index (χ4v) is 1.35. The van der Waals surface area contributed by atoms with Gasteiger partial charge in [0.15, 0.2) is 0 Å². The lowest BCUT2D eigenvalue weighted by molar-refractivity contribution is 0.0489. The van der Waals surface area contributed by atoms with Gasteiger partial charge in [-0.15, -0.1) is 0 Å². The topological polar surface area (TPSA) is 71.7 Å². The van der Waals surface area contributed by atoms with Crippen molar-refractivity contribution in [3.05, 3.63) is 24.2 Å². The maximum absolute atomic E-state index is 11.6. The molecule has 0 spiro atoms. The summed E-state index contributed by atoms with van der Waals surface area (Å²) in [5.41, 5.74) is -0.545. The zero-order valence-corrected chi connectivity index (χ0v) is 10.4. The highest BCUT2D eigenvalue weighted by Crippen LogP contribution is 2.18. The van der Waals surface area contributed by atoms with Gasteiger partial charge in [-0.25, -0.2) is 4.79 Å². The third-order valence-electron chi connectivity index (χ3n) is 2.00. The maximum atomic E-state index is 11.6. The predicted molar refractivity (Wildman–Crippen MR) is 62.5 cm³/mol. The Morgan fingerprint density at radius 3 is 2.76 bits per heavy atom. The van der Waals surface area contributed by atoms with Crippen molar-refractivity contribution in [3.63, 3.8) is 0 Å². The van der Waals surface area contributed by atoms with E-state index in [1.165, 1.54) is 6.26 Å². The molecule has 1 amide bonds. The Bertz CT molecular complexity index is 340. The first-order chi connectivity index (χ1) is 7.92. The third kappa shape index (κ3) is 4.91. The molecule has 0 aromatic carbocycles. The lowest BCUT2D eigenvalue weighted by atomic mass is 10.1. The lowest BCUT2D eigenvalue weighted by Crippen LogP contribution is -2.35. The second kappa shape index (κ2) is 5.72. The Morgan fingerprint density at radius 1 is 1.59 bits per heavy atom. The van der Waals surface area contributed by atoms with Crippen LogP contribution in [0.25, 0.3) is 0 Å². The SMILES string of the molecule is CC(C)(C)OC(=O)NC(CCO)c1ccco1. The highest BCUT2D eigenvalue weighted by atomic mass is 16.6. The van der Waals surface area contributed by atoms with E-state index < -0.39 is 11.7 Å². The Labute approximate surface area is 101 Å². The first-order valence-corrected chi connectivity index (χ1v) is 5.56. The standard InChI is InChI=1S/C12H19NO4/c1-12(2,3)17-11(15)13-9(6-7-14)10-5-4-8-16-10/h4-5,8-9,14H,6-7H2,1-3H3,(H,13,15). The van der Waals surface area contributed by atoms with Crippen LogP contribution >= 0.6 is 0 Å². The summed E-state index contributed by atoms with van der Waals surface area (Å²) in [6.45, 7) is 5.34. The summed E-state index contributed by atoms with van der Waals surface area (Å²) < 4.78 is 10.3. The molecule has 0 aliphatic heterocycles. The van der Waals surface area contributed by atoms with Crippen LogP contribution in [0.4, 0.5) is 4.79 Å². The molecule has 5 nitrogen and oxygen atoms in total. The largest absolute Gasteiger partial charge is 0.467 e. The zero-order chi connectivity index (χ0) is 12.9.